The van der Waals surface area contributed by atoms with Gasteiger partial charge in [-0.05, 0) is 30.5 Å². The number of primary amides is 1. The van der Waals surface area contributed by atoms with Crippen molar-refractivity contribution < 1.29 is 14.0 Å². The number of nitrogens with one attached hydrogen (secondary N) is 1. The summed E-state index contributed by atoms with van der Waals surface area (Å²) < 4.78 is 13.2. The number of hydrogen-bond donors (Lipinski definition) is 2. The summed E-state index contributed by atoms with van der Waals surface area (Å²) in [4.78, 5) is 24.9. The number of hydrogen-bond acceptors (Lipinski definition) is 3. The van der Waals surface area contributed by atoms with Crippen LogP contribution in [0.3, 0.4) is 0 Å². The molecule has 5 nitrogen and oxygen atoms in total. The average molecular weight is 370 g/mol. The first-order chi connectivity index (χ1) is 12.0. The van der Waals surface area contributed by atoms with E-state index in [0.29, 0.717) is 23.0 Å². The summed E-state index contributed by atoms with van der Waals surface area (Å²) >= 11 is 5.97. The van der Waals surface area contributed by atoms with Crippen LogP contribution in [0.1, 0.15) is 44.9 Å². The van der Waals surface area contributed by atoms with Crippen LogP contribution in [-0.2, 0) is 4.79 Å². The maximum absolute atomic E-state index is 13.2. The smallest absolute Gasteiger partial charge is 0.321 e. The molecule has 0 heterocycles. The van der Waals surface area contributed by atoms with E-state index in [0.717, 1.165) is 24.2 Å². The summed E-state index contributed by atoms with van der Waals surface area (Å²) in [6, 6.07) is 3.21. The van der Waals surface area contributed by atoms with Crippen molar-refractivity contribution in [2.75, 3.05) is 18.4 Å². The molecule has 0 saturated heterocycles. The minimum Gasteiger partial charge on any atom is -0.382 e. The maximum atomic E-state index is 13.2. The van der Waals surface area contributed by atoms with Crippen molar-refractivity contribution in [1.29, 1.82) is 0 Å². The molecular weight excluding hydrogens is 345 g/mol. The zero-order valence-electron chi connectivity index (χ0n) is 14.3. The highest BCUT2D eigenvalue weighted by Gasteiger charge is 2.21. The topological polar surface area (TPSA) is 75.4 Å². The quantitative estimate of drug-likeness (QED) is 0.757. The summed E-state index contributed by atoms with van der Waals surface area (Å²) in [5, 5.41) is 3.30. The van der Waals surface area contributed by atoms with Crippen molar-refractivity contribution >= 4 is 29.2 Å². The Morgan fingerprint density at radius 1 is 1.28 bits per heavy atom. The fourth-order valence-corrected chi connectivity index (χ4v) is 3.42. The number of anilines is 1. The lowest BCUT2D eigenvalue weighted by Crippen LogP contribution is -2.43. The maximum Gasteiger partial charge on any atom is 0.321 e. The molecule has 0 atom stereocenters. The molecule has 0 unspecified atom stereocenters. The molecule has 1 aliphatic rings. The SMILES string of the molecule is NC(=O)N(CCNc1cc(F)ccc1Cl)C(=O)CCC1CCCCC1. The fourth-order valence-electron chi connectivity index (χ4n) is 3.23. The second-order valence-electron chi connectivity index (χ2n) is 6.48. The third kappa shape index (κ3) is 6.20. The molecule has 3 N–H and O–H groups in total. The molecule has 25 heavy (non-hydrogen) atoms. The summed E-state index contributed by atoms with van der Waals surface area (Å²) in [5.74, 6) is -0.107. The first kappa shape index (κ1) is 19.5. The molecule has 3 amide bonds. The predicted molar refractivity (Wildman–Crippen MR) is 97.0 cm³/mol. The monoisotopic (exact) mass is 369 g/mol. The zero-order chi connectivity index (χ0) is 18.2. The average Bonchev–Trinajstić information content (AvgIpc) is 2.60. The number of rotatable bonds is 7. The number of amides is 3. The highest BCUT2D eigenvalue weighted by Crippen LogP contribution is 2.27. The summed E-state index contributed by atoms with van der Waals surface area (Å²) in [6.45, 7) is 0.368. The third-order valence-electron chi connectivity index (χ3n) is 4.64. The highest BCUT2D eigenvalue weighted by molar-refractivity contribution is 6.33. The zero-order valence-corrected chi connectivity index (χ0v) is 15.0. The van der Waals surface area contributed by atoms with Gasteiger partial charge >= 0.3 is 6.03 Å². The highest BCUT2D eigenvalue weighted by atomic mass is 35.5. The van der Waals surface area contributed by atoms with E-state index in [4.69, 9.17) is 17.3 Å². The van der Waals surface area contributed by atoms with E-state index in [-0.39, 0.29) is 19.0 Å². The van der Waals surface area contributed by atoms with Crippen molar-refractivity contribution in [3.8, 4) is 0 Å². The molecule has 0 spiro atoms. The number of benzene rings is 1. The van der Waals surface area contributed by atoms with Crippen LogP contribution in [0.5, 0.6) is 0 Å². The Balaban J connectivity index is 1.81. The van der Waals surface area contributed by atoms with Crippen LogP contribution < -0.4 is 11.1 Å². The van der Waals surface area contributed by atoms with E-state index in [1.807, 2.05) is 0 Å². The van der Waals surface area contributed by atoms with Gasteiger partial charge in [0.15, 0.2) is 0 Å². The molecule has 1 saturated carbocycles. The van der Waals surface area contributed by atoms with E-state index in [2.05, 4.69) is 5.32 Å². The van der Waals surface area contributed by atoms with Gasteiger partial charge in [-0.3, -0.25) is 9.69 Å². The number of imide groups is 1. The van der Waals surface area contributed by atoms with Crippen molar-refractivity contribution in [3.63, 3.8) is 0 Å². The summed E-state index contributed by atoms with van der Waals surface area (Å²) in [7, 11) is 0. The van der Waals surface area contributed by atoms with E-state index >= 15 is 0 Å². The Morgan fingerprint density at radius 2 is 2.00 bits per heavy atom. The lowest BCUT2D eigenvalue weighted by molar-refractivity contribution is -0.128. The van der Waals surface area contributed by atoms with Crippen LogP contribution >= 0.6 is 11.6 Å². The number of urea groups is 1. The molecule has 0 aliphatic heterocycles. The summed E-state index contributed by atoms with van der Waals surface area (Å²) in [5.41, 5.74) is 5.75. The first-order valence-electron chi connectivity index (χ1n) is 8.76. The van der Waals surface area contributed by atoms with Crippen molar-refractivity contribution in [3.05, 3.63) is 29.0 Å². The molecule has 2 rings (SSSR count). The number of nitrogens with zero attached hydrogens (tertiary/aromatic N) is 1. The minimum atomic E-state index is -0.763. The van der Waals surface area contributed by atoms with Gasteiger partial charge in [0.2, 0.25) is 5.91 Å². The Bertz CT molecular complexity index is 606. The number of nitrogens with two attached hydrogens (primary N) is 1. The lowest BCUT2D eigenvalue weighted by atomic mass is 9.86. The molecule has 138 valence electrons. The van der Waals surface area contributed by atoms with Gasteiger partial charge in [0.1, 0.15) is 5.82 Å². The number of carbonyl (C=O) groups is 2. The first-order valence-corrected chi connectivity index (χ1v) is 9.14. The Labute approximate surface area is 152 Å². The minimum absolute atomic E-state index is 0.117. The van der Waals surface area contributed by atoms with E-state index in [9.17, 15) is 14.0 Å². The lowest BCUT2D eigenvalue weighted by Gasteiger charge is -2.23. The van der Waals surface area contributed by atoms with Crippen LogP contribution in [0, 0.1) is 11.7 Å². The predicted octanol–water partition coefficient (Wildman–Crippen LogP) is 4.16. The van der Waals surface area contributed by atoms with Gasteiger partial charge < -0.3 is 11.1 Å². The van der Waals surface area contributed by atoms with Crippen LogP contribution in [-0.4, -0.2) is 29.9 Å². The van der Waals surface area contributed by atoms with E-state index in [1.54, 1.807) is 0 Å². The molecule has 0 bridgehead atoms. The van der Waals surface area contributed by atoms with Gasteiger partial charge in [-0.25, -0.2) is 9.18 Å². The fraction of sp³-hybridized carbons (Fsp3) is 0.556. The van der Waals surface area contributed by atoms with Crippen LogP contribution in [0.2, 0.25) is 5.02 Å². The van der Waals surface area contributed by atoms with Gasteiger partial charge in [0, 0.05) is 19.5 Å². The second-order valence-corrected chi connectivity index (χ2v) is 6.88. The molecule has 0 aromatic heterocycles. The second kappa shape index (κ2) is 9.61. The normalized spacial score (nSPS) is 15.0. The van der Waals surface area contributed by atoms with Crippen LogP contribution in [0.4, 0.5) is 14.9 Å². The van der Waals surface area contributed by atoms with Gasteiger partial charge in [-0.1, -0.05) is 43.7 Å². The van der Waals surface area contributed by atoms with Crippen LogP contribution in [0.15, 0.2) is 18.2 Å². The number of carbonyl (C=O) groups excluding carboxylic acids is 2. The molecule has 1 aromatic rings. The van der Waals surface area contributed by atoms with Gasteiger partial charge in [-0.15, -0.1) is 0 Å². The molecule has 0 radical (unpaired) electrons. The van der Waals surface area contributed by atoms with Gasteiger partial charge in [-0.2, -0.15) is 0 Å². The van der Waals surface area contributed by atoms with Crippen molar-refractivity contribution in [2.24, 2.45) is 11.7 Å². The van der Waals surface area contributed by atoms with E-state index in [1.165, 1.54) is 37.5 Å². The Hall–Kier alpha value is -1.82. The largest absolute Gasteiger partial charge is 0.382 e. The molecule has 7 heteroatoms. The number of halogens is 2. The standard InChI is InChI=1S/C18H25ClFN3O2/c19-15-8-7-14(20)12-16(15)22-10-11-23(18(21)25)17(24)9-6-13-4-2-1-3-5-13/h7-8,12-13,22H,1-6,9-11H2,(H2,21,25). The summed E-state index contributed by atoms with van der Waals surface area (Å²) in [6.07, 6.45) is 7.15. The van der Waals surface area contributed by atoms with Crippen LogP contribution in [0.25, 0.3) is 0 Å². The molecular formula is C18H25ClFN3O2. The van der Waals surface area contributed by atoms with Gasteiger partial charge in [0.25, 0.3) is 0 Å². The molecule has 1 aromatic carbocycles. The van der Waals surface area contributed by atoms with E-state index < -0.39 is 11.8 Å². The van der Waals surface area contributed by atoms with Gasteiger partial charge in [0.05, 0.1) is 10.7 Å². The Morgan fingerprint density at radius 3 is 2.68 bits per heavy atom. The van der Waals surface area contributed by atoms with Crippen molar-refractivity contribution in [1.82, 2.24) is 4.90 Å². The Kier molecular flexibility index (Phi) is 7.50. The van der Waals surface area contributed by atoms with Crippen molar-refractivity contribution in [2.45, 2.75) is 44.9 Å². The molecule has 1 fully saturated rings. The third-order valence-corrected chi connectivity index (χ3v) is 4.97. The molecule has 1 aliphatic carbocycles.